The molecule has 0 aromatic heterocycles. The van der Waals surface area contributed by atoms with Gasteiger partial charge in [0.15, 0.2) is 0 Å². The van der Waals surface area contributed by atoms with Gasteiger partial charge < -0.3 is 10.2 Å². The van der Waals surface area contributed by atoms with E-state index in [1.807, 2.05) is 18.2 Å². The van der Waals surface area contributed by atoms with Crippen LogP contribution in [0.2, 0.25) is 0 Å². The summed E-state index contributed by atoms with van der Waals surface area (Å²) in [6.45, 7) is 3.97. The Morgan fingerprint density at radius 1 is 1.08 bits per heavy atom. The van der Waals surface area contributed by atoms with Crippen LogP contribution in [-0.2, 0) is 16.1 Å². The third-order valence-corrected chi connectivity index (χ3v) is 4.43. The van der Waals surface area contributed by atoms with Gasteiger partial charge in [0.1, 0.15) is 6.04 Å². The van der Waals surface area contributed by atoms with E-state index in [9.17, 15) is 14.4 Å². The number of carbonyl (C=O) groups is 3. The van der Waals surface area contributed by atoms with Gasteiger partial charge in [0.2, 0.25) is 5.91 Å². The highest BCUT2D eigenvalue weighted by molar-refractivity contribution is 6.05. The fourth-order valence-electron chi connectivity index (χ4n) is 3.13. The van der Waals surface area contributed by atoms with Crippen molar-refractivity contribution >= 4 is 17.8 Å². The summed E-state index contributed by atoms with van der Waals surface area (Å²) in [7, 11) is 0. The minimum absolute atomic E-state index is 0.0241. The van der Waals surface area contributed by atoms with Crippen molar-refractivity contribution in [1.82, 2.24) is 20.4 Å². The molecule has 2 saturated heterocycles. The van der Waals surface area contributed by atoms with Crippen LogP contribution in [0, 0.1) is 0 Å². The molecule has 0 aliphatic carbocycles. The summed E-state index contributed by atoms with van der Waals surface area (Å²) < 4.78 is 0. The van der Waals surface area contributed by atoms with E-state index in [1.54, 1.807) is 4.90 Å². The monoisotopic (exact) mass is 330 g/mol. The summed E-state index contributed by atoms with van der Waals surface area (Å²) in [5, 5.41) is 4.63. The van der Waals surface area contributed by atoms with Gasteiger partial charge in [0.25, 0.3) is 5.91 Å². The fourth-order valence-corrected chi connectivity index (χ4v) is 3.13. The molecule has 2 aliphatic rings. The second-order valence-electron chi connectivity index (χ2n) is 6.22. The maximum absolute atomic E-state index is 12.4. The number of rotatable bonds is 4. The summed E-state index contributed by atoms with van der Waals surface area (Å²) in [6.07, 6.45) is 0.929. The Kier molecular flexibility index (Phi) is 5.10. The van der Waals surface area contributed by atoms with Gasteiger partial charge in [-0.2, -0.15) is 0 Å². The van der Waals surface area contributed by atoms with Gasteiger partial charge in [-0.05, 0) is 12.0 Å². The molecule has 0 bridgehead atoms. The first-order chi connectivity index (χ1) is 11.6. The molecule has 1 atom stereocenters. The number of hydrogen-bond acceptors (Lipinski definition) is 4. The lowest BCUT2D eigenvalue weighted by molar-refractivity contribution is -0.133. The summed E-state index contributed by atoms with van der Waals surface area (Å²) in [4.78, 5) is 39.2. The Bertz CT molecular complexity index is 620. The smallest absolute Gasteiger partial charge is 0.322 e. The second-order valence-corrected chi connectivity index (χ2v) is 6.22. The highest BCUT2D eigenvalue weighted by Gasteiger charge is 2.32. The summed E-state index contributed by atoms with van der Waals surface area (Å²) in [5.74, 6) is -0.507. The van der Waals surface area contributed by atoms with Gasteiger partial charge in [-0.25, -0.2) is 4.79 Å². The number of carbonyl (C=O) groups excluding carboxylic acids is 3. The topological polar surface area (TPSA) is 81.8 Å². The van der Waals surface area contributed by atoms with Crippen molar-refractivity contribution in [1.29, 1.82) is 0 Å². The van der Waals surface area contributed by atoms with Crippen LogP contribution in [0.15, 0.2) is 30.3 Å². The molecule has 0 saturated carbocycles. The van der Waals surface area contributed by atoms with E-state index in [1.165, 1.54) is 5.56 Å². The molecule has 2 aliphatic heterocycles. The normalized spacial score (nSPS) is 22.0. The molecule has 2 N–H and O–H groups in total. The molecule has 0 spiro atoms. The number of imide groups is 1. The van der Waals surface area contributed by atoms with E-state index >= 15 is 0 Å². The quantitative estimate of drug-likeness (QED) is 0.779. The zero-order chi connectivity index (χ0) is 16.9. The Morgan fingerprint density at radius 2 is 1.88 bits per heavy atom. The number of hydrogen-bond donors (Lipinski definition) is 2. The molecule has 4 amide bonds. The van der Waals surface area contributed by atoms with Crippen LogP contribution in [0.1, 0.15) is 18.4 Å². The standard InChI is InChI=1S/C17H22N4O3/c22-15(11-14-16(23)19-17(24)18-14)21-8-4-7-20(9-10-21)12-13-5-2-1-3-6-13/h1-3,5-6,14H,4,7-12H2,(H2,18,19,23,24). The maximum Gasteiger partial charge on any atom is 0.322 e. The predicted molar refractivity (Wildman–Crippen MR) is 88.0 cm³/mol. The lowest BCUT2D eigenvalue weighted by atomic mass is 10.2. The average molecular weight is 330 g/mol. The molecule has 2 fully saturated rings. The fraction of sp³-hybridized carbons (Fsp3) is 0.471. The molecule has 7 nitrogen and oxygen atoms in total. The molecule has 128 valence electrons. The van der Waals surface area contributed by atoms with Gasteiger partial charge in [-0.3, -0.25) is 19.8 Å². The van der Waals surface area contributed by atoms with Gasteiger partial charge in [-0.1, -0.05) is 30.3 Å². The van der Waals surface area contributed by atoms with Gasteiger partial charge in [0.05, 0.1) is 6.42 Å². The predicted octanol–water partition coefficient (Wildman–Crippen LogP) is 0.319. The molecule has 2 heterocycles. The van der Waals surface area contributed by atoms with Crippen molar-refractivity contribution in [2.24, 2.45) is 0 Å². The van der Waals surface area contributed by atoms with Gasteiger partial charge in [0, 0.05) is 32.7 Å². The molecule has 1 unspecified atom stereocenters. The molecule has 24 heavy (non-hydrogen) atoms. The molecule has 7 heteroatoms. The maximum atomic E-state index is 12.4. The van der Waals surface area contributed by atoms with Crippen molar-refractivity contribution in [3.8, 4) is 0 Å². The highest BCUT2D eigenvalue weighted by Crippen LogP contribution is 2.11. The number of benzene rings is 1. The van der Waals surface area contributed by atoms with E-state index in [0.717, 1.165) is 26.1 Å². The number of amides is 4. The van der Waals surface area contributed by atoms with Crippen molar-refractivity contribution in [2.75, 3.05) is 26.2 Å². The first-order valence-corrected chi connectivity index (χ1v) is 8.27. The lowest BCUT2D eigenvalue weighted by Gasteiger charge is -2.22. The Labute approximate surface area is 141 Å². The van der Waals surface area contributed by atoms with E-state index in [-0.39, 0.29) is 12.3 Å². The second kappa shape index (κ2) is 7.44. The van der Waals surface area contributed by atoms with E-state index in [2.05, 4.69) is 27.7 Å². The average Bonchev–Trinajstić information content (AvgIpc) is 2.76. The van der Waals surface area contributed by atoms with Crippen molar-refractivity contribution < 1.29 is 14.4 Å². The molecule has 0 radical (unpaired) electrons. The first kappa shape index (κ1) is 16.4. The summed E-state index contributed by atoms with van der Waals surface area (Å²) in [6, 6.07) is 9.01. The first-order valence-electron chi connectivity index (χ1n) is 8.27. The Hall–Kier alpha value is -2.41. The summed E-state index contributed by atoms with van der Waals surface area (Å²) >= 11 is 0. The Balaban J connectivity index is 1.50. The number of urea groups is 1. The number of nitrogens with zero attached hydrogens (tertiary/aromatic N) is 2. The van der Waals surface area contributed by atoms with Crippen LogP contribution in [0.4, 0.5) is 4.79 Å². The molecular formula is C17H22N4O3. The SMILES string of the molecule is O=C1NC(=O)C(CC(=O)N2CCCN(Cc3ccccc3)CC2)N1. The van der Waals surface area contributed by atoms with Crippen LogP contribution in [-0.4, -0.2) is 59.9 Å². The van der Waals surface area contributed by atoms with Crippen LogP contribution in [0.3, 0.4) is 0 Å². The minimum Gasteiger partial charge on any atom is -0.341 e. The minimum atomic E-state index is -0.742. The summed E-state index contributed by atoms with van der Waals surface area (Å²) in [5.41, 5.74) is 1.27. The zero-order valence-electron chi connectivity index (χ0n) is 13.5. The highest BCUT2D eigenvalue weighted by atomic mass is 16.2. The Morgan fingerprint density at radius 3 is 2.58 bits per heavy atom. The molecule has 3 rings (SSSR count). The van der Waals surface area contributed by atoms with Crippen LogP contribution in [0.5, 0.6) is 0 Å². The van der Waals surface area contributed by atoms with Crippen LogP contribution < -0.4 is 10.6 Å². The third kappa shape index (κ3) is 4.11. The van der Waals surface area contributed by atoms with Crippen molar-refractivity contribution in [3.05, 3.63) is 35.9 Å². The van der Waals surface area contributed by atoms with Crippen LogP contribution in [0.25, 0.3) is 0 Å². The van der Waals surface area contributed by atoms with E-state index in [4.69, 9.17) is 0 Å². The van der Waals surface area contributed by atoms with Crippen LogP contribution >= 0.6 is 0 Å². The molecular weight excluding hydrogens is 308 g/mol. The van der Waals surface area contributed by atoms with Crippen molar-refractivity contribution in [3.63, 3.8) is 0 Å². The van der Waals surface area contributed by atoms with Gasteiger partial charge in [-0.15, -0.1) is 0 Å². The largest absolute Gasteiger partial charge is 0.341 e. The van der Waals surface area contributed by atoms with E-state index in [0.29, 0.717) is 13.1 Å². The third-order valence-electron chi connectivity index (χ3n) is 4.43. The lowest BCUT2D eigenvalue weighted by Crippen LogP contribution is -2.40. The molecule has 1 aromatic rings. The van der Waals surface area contributed by atoms with Gasteiger partial charge >= 0.3 is 6.03 Å². The van der Waals surface area contributed by atoms with Crippen molar-refractivity contribution in [2.45, 2.75) is 25.4 Å². The van der Waals surface area contributed by atoms with E-state index < -0.39 is 18.0 Å². The number of nitrogens with one attached hydrogen (secondary N) is 2. The molecule has 1 aromatic carbocycles. The zero-order valence-corrected chi connectivity index (χ0v) is 13.5.